The number of carbonyl (C=O) groups is 2. The van der Waals surface area contributed by atoms with Crippen molar-refractivity contribution < 1.29 is 14.7 Å². The highest BCUT2D eigenvalue weighted by Crippen LogP contribution is 2.18. The molecule has 2 amide bonds. The van der Waals surface area contributed by atoms with Gasteiger partial charge in [-0.3, -0.25) is 14.6 Å². The first-order valence-electron chi connectivity index (χ1n) is 7.82. The van der Waals surface area contributed by atoms with Gasteiger partial charge in [-0.2, -0.15) is 0 Å². The number of carbonyl (C=O) groups excluding carboxylic acids is 2. The van der Waals surface area contributed by atoms with E-state index in [1.807, 2.05) is 30.3 Å². The van der Waals surface area contributed by atoms with Crippen LogP contribution in [-0.4, -0.2) is 35.1 Å². The number of hydrogen-bond acceptors (Lipinski definition) is 4. The van der Waals surface area contributed by atoms with Gasteiger partial charge in [-0.25, -0.2) is 0 Å². The maximum absolute atomic E-state index is 12.5. The maximum Gasteiger partial charge on any atom is 0.255 e. The minimum Gasteiger partial charge on any atom is -0.395 e. The molecule has 6 nitrogen and oxygen atoms in total. The summed E-state index contributed by atoms with van der Waals surface area (Å²) in [5.41, 5.74) is 1.10. The van der Waals surface area contributed by atoms with Crippen molar-refractivity contribution in [3.05, 3.63) is 72.1 Å². The van der Waals surface area contributed by atoms with Gasteiger partial charge < -0.3 is 15.7 Å². The van der Waals surface area contributed by atoms with E-state index in [4.69, 9.17) is 5.11 Å². The maximum atomic E-state index is 12.5. The third kappa shape index (κ3) is 3.81. The standard InChI is InChI=1S/C19H17N3O3/c23-10-9-21-19(25)16-12-20-8-7-17(16)22-18(24)15-6-5-13-3-1-2-4-14(13)11-15/h1-8,11-12,23H,9-10H2,(H,21,25)(H,20,22,24). The Kier molecular flexibility index (Phi) is 5.01. The Labute approximate surface area is 144 Å². The number of aromatic nitrogens is 1. The lowest BCUT2D eigenvalue weighted by Gasteiger charge is -2.11. The molecule has 0 radical (unpaired) electrons. The fourth-order valence-corrected chi connectivity index (χ4v) is 2.47. The average molecular weight is 335 g/mol. The predicted octanol–water partition coefficient (Wildman–Crippen LogP) is 2.21. The summed E-state index contributed by atoms with van der Waals surface area (Å²) in [6, 6.07) is 14.8. The van der Waals surface area contributed by atoms with E-state index in [1.165, 1.54) is 12.4 Å². The van der Waals surface area contributed by atoms with Gasteiger partial charge in [0.2, 0.25) is 0 Å². The van der Waals surface area contributed by atoms with Crippen molar-refractivity contribution >= 4 is 28.3 Å². The normalized spacial score (nSPS) is 10.4. The molecule has 126 valence electrons. The van der Waals surface area contributed by atoms with Crippen LogP contribution in [-0.2, 0) is 0 Å². The van der Waals surface area contributed by atoms with Crippen LogP contribution in [0.25, 0.3) is 10.8 Å². The van der Waals surface area contributed by atoms with Crippen LogP contribution < -0.4 is 10.6 Å². The molecule has 0 saturated heterocycles. The minimum absolute atomic E-state index is 0.131. The first-order valence-corrected chi connectivity index (χ1v) is 7.82. The Morgan fingerprint density at radius 2 is 1.80 bits per heavy atom. The van der Waals surface area contributed by atoms with Gasteiger partial charge in [-0.1, -0.05) is 30.3 Å². The van der Waals surface area contributed by atoms with Gasteiger partial charge in [0.05, 0.1) is 17.9 Å². The molecule has 2 aromatic carbocycles. The smallest absolute Gasteiger partial charge is 0.255 e. The molecule has 3 N–H and O–H groups in total. The lowest BCUT2D eigenvalue weighted by molar-refractivity contribution is 0.0945. The second-order valence-electron chi connectivity index (χ2n) is 5.42. The molecule has 0 atom stereocenters. The van der Waals surface area contributed by atoms with Gasteiger partial charge in [-0.05, 0) is 29.0 Å². The fourth-order valence-electron chi connectivity index (χ4n) is 2.47. The summed E-state index contributed by atoms with van der Waals surface area (Å²) in [6.45, 7) is -0.0312. The first-order chi connectivity index (χ1) is 12.2. The molecule has 1 heterocycles. The van der Waals surface area contributed by atoms with E-state index in [1.54, 1.807) is 18.2 Å². The Morgan fingerprint density at radius 1 is 1.00 bits per heavy atom. The van der Waals surface area contributed by atoms with Crippen molar-refractivity contribution in [2.45, 2.75) is 0 Å². The molecular formula is C19H17N3O3. The van der Waals surface area contributed by atoms with E-state index < -0.39 is 5.91 Å². The van der Waals surface area contributed by atoms with E-state index >= 15 is 0 Å². The molecule has 3 rings (SSSR count). The first kappa shape index (κ1) is 16.6. The van der Waals surface area contributed by atoms with Crippen molar-refractivity contribution in [1.82, 2.24) is 10.3 Å². The largest absolute Gasteiger partial charge is 0.395 e. The van der Waals surface area contributed by atoms with E-state index in [-0.39, 0.29) is 24.6 Å². The molecule has 0 fully saturated rings. The lowest BCUT2D eigenvalue weighted by Crippen LogP contribution is -2.27. The Hall–Kier alpha value is -3.25. The molecule has 0 unspecified atom stereocenters. The van der Waals surface area contributed by atoms with Crippen LogP contribution in [0.3, 0.4) is 0 Å². The fraction of sp³-hybridized carbons (Fsp3) is 0.105. The summed E-state index contributed by atoms with van der Waals surface area (Å²) in [5.74, 6) is -0.718. The number of fused-ring (bicyclic) bond motifs is 1. The van der Waals surface area contributed by atoms with Gasteiger partial charge >= 0.3 is 0 Å². The number of amides is 2. The summed E-state index contributed by atoms with van der Waals surface area (Å²) in [7, 11) is 0. The number of hydrogen-bond donors (Lipinski definition) is 3. The number of pyridine rings is 1. The van der Waals surface area contributed by atoms with Crippen LogP contribution in [0.2, 0.25) is 0 Å². The Morgan fingerprint density at radius 3 is 2.60 bits per heavy atom. The second kappa shape index (κ2) is 7.55. The molecule has 6 heteroatoms. The minimum atomic E-state index is -0.407. The number of nitrogens with zero attached hydrogens (tertiary/aromatic N) is 1. The van der Waals surface area contributed by atoms with Crippen LogP contribution >= 0.6 is 0 Å². The van der Waals surface area contributed by atoms with Gasteiger partial charge in [0.25, 0.3) is 11.8 Å². The van der Waals surface area contributed by atoms with Gasteiger partial charge in [0.15, 0.2) is 0 Å². The van der Waals surface area contributed by atoms with Crippen molar-refractivity contribution in [2.75, 3.05) is 18.5 Å². The lowest BCUT2D eigenvalue weighted by atomic mass is 10.1. The summed E-state index contributed by atoms with van der Waals surface area (Å²) >= 11 is 0. The molecule has 0 aliphatic rings. The van der Waals surface area contributed by atoms with Crippen LogP contribution in [0.5, 0.6) is 0 Å². The highest BCUT2D eigenvalue weighted by molar-refractivity contribution is 6.10. The molecule has 1 aromatic heterocycles. The highest BCUT2D eigenvalue weighted by Gasteiger charge is 2.14. The molecule has 0 bridgehead atoms. The van der Waals surface area contributed by atoms with E-state index in [0.717, 1.165) is 10.8 Å². The van der Waals surface area contributed by atoms with Crippen LogP contribution in [0.15, 0.2) is 60.9 Å². The second-order valence-corrected chi connectivity index (χ2v) is 5.42. The molecule has 0 spiro atoms. The van der Waals surface area contributed by atoms with E-state index in [0.29, 0.717) is 11.3 Å². The average Bonchev–Trinajstić information content (AvgIpc) is 2.66. The molecule has 3 aromatic rings. The zero-order valence-electron chi connectivity index (χ0n) is 13.4. The van der Waals surface area contributed by atoms with Gasteiger partial charge in [0, 0.05) is 24.5 Å². The van der Waals surface area contributed by atoms with Crippen molar-refractivity contribution in [3.63, 3.8) is 0 Å². The summed E-state index contributed by atoms with van der Waals surface area (Å²) in [6.07, 6.45) is 2.88. The molecule has 0 aliphatic carbocycles. The molecule has 0 aliphatic heterocycles. The zero-order valence-corrected chi connectivity index (χ0v) is 13.4. The summed E-state index contributed by atoms with van der Waals surface area (Å²) in [5, 5.41) is 16.1. The number of nitrogens with one attached hydrogen (secondary N) is 2. The highest BCUT2D eigenvalue weighted by atomic mass is 16.3. The number of aliphatic hydroxyl groups excluding tert-OH is 1. The van der Waals surface area contributed by atoms with Crippen LogP contribution in [0.4, 0.5) is 5.69 Å². The molecule has 25 heavy (non-hydrogen) atoms. The van der Waals surface area contributed by atoms with E-state index in [9.17, 15) is 9.59 Å². The van der Waals surface area contributed by atoms with Crippen LogP contribution in [0.1, 0.15) is 20.7 Å². The quantitative estimate of drug-likeness (QED) is 0.667. The summed E-state index contributed by atoms with van der Waals surface area (Å²) < 4.78 is 0. The predicted molar refractivity (Wildman–Crippen MR) is 95.6 cm³/mol. The van der Waals surface area contributed by atoms with Crippen LogP contribution in [0, 0.1) is 0 Å². The van der Waals surface area contributed by atoms with Crippen molar-refractivity contribution in [3.8, 4) is 0 Å². The number of benzene rings is 2. The third-order valence-corrected chi connectivity index (χ3v) is 3.72. The van der Waals surface area contributed by atoms with Gasteiger partial charge in [0.1, 0.15) is 0 Å². The third-order valence-electron chi connectivity index (χ3n) is 3.72. The van der Waals surface area contributed by atoms with Crippen molar-refractivity contribution in [2.24, 2.45) is 0 Å². The monoisotopic (exact) mass is 335 g/mol. The zero-order chi connectivity index (χ0) is 17.6. The Bertz CT molecular complexity index is 924. The molecule has 0 saturated carbocycles. The topological polar surface area (TPSA) is 91.3 Å². The number of aliphatic hydroxyl groups is 1. The summed E-state index contributed by atoms with van der Waals surface area (Å²) in [4.78, 5) is 28.6. The number of rotatable bonds is 5. The van der Waals surface area contributed by atoms with Crippen molar-refractivity contribution in [1.29, 1.82) is 0 Å². The Balaban J connectivity index is 1.83. The molecular weight excluding hydrogens is 318 g/mol. The van der Waals surface area contributed by atoms with E-state index in [2.05, 4.69) is 15.6 Å². The SMILES string of the molecule is O=C(Nc1ccncc1C(=O)NCCO)c1ccc2ccccc2c1. The number of anilines is 1. The van der Waals surface area contributed by atoms with Gasteiger partial charge in [-0.15, -0.1) is 0 Å².